The molecule has 1 N–H and O–H groups in total. The zero-order chi connectivity index (χ0) is 16.4. The second-order valence-electron chi connectivity index (χ2n) is 6.17. The predicted molar refractivity (Wildman–Crippen MR) is 90.8 cm³/mol. The monoisotopic (exact) mass is 331 g/mol. The highest BCUT2D eigenvalue weighted by Gasteiger charge is 2.42. The van der Waals surface area contributed by atoms with Gasteiger partial charge in [0, 0.05) is 18.5 Å². The van der Waals surface area contributed by atoms with E-state index in [9.17, 15) is 8.42 Å². The summed E-state index contributed by atoms with van der Waals surface area (Å²) >= 11 is 0. The second-order valence-corrected chi connectivity index (χ2v) is 7.67. The normalized spacial score (nSPS) is 22.0. The minimum Gasteiger partial charge on any atom is -0.289 e. The first-order chi connectivity index (χ1) is 11.0. The fourth-order valence-electron chi connectivity index (χ4n) is 3.37. The van der Waals surface area contributed by atoms with E-state index in [4.69, 9.17) is 4.55 Å². The zero-order valence-electron chi connectivity index (χ0n) is 13.0. The van der Waals surface area contributed by atoms with E-state index in [0.717, 1.165) is 0 Å². The first-order valence-corrected chi connectivity index (χ1v) is 9.37. The Morgan fingerprint density at radius 2 is 1.52 bits per heavy atom. The molecule has 23 heavy (non-hydrogen) atoms. The molecule has 0 saturated carbocycles. The van der Waals surface area contributed by atoms with E-state index in [1.807, 2.05) is 43.3 Å². The van der Waals surface area contributed by atoms with E-state index in [0.29, 0.717) is 6.54 Å². The largest absolute Gasteiger partial charge is 0.289 e. The predicted octanol–water partition coefficient (Wildman–Crippen LogP) is 2.98. The van der Waals surface area contributed by atoms with Crippen LogP contribution in [0.4, 0.5) is 0 Å². The molecule has 0 spiro atoms. The highest BCUT2D eigenvalue weighted by atomic mass is 32.2. The minimum absolute atomic E-state index is 0.0278. The second kappa shape index (κ2) is 6.43. The summed E-state index contributed by atoms with van der Waals surface area (Å²) in [6.45, 7) is 2.69. The highest BCUT2D eigenvalue weighted by Crippen LogP contribution is 2.38. The summed E-state index contributed by atoms with van der Waals surface area (Å²) < 4.78 is 31.4. The van der Waals surface area contributed by atoms with E-state index >= 15 is 0 Å². The van der Waals surface area contributed by atoms with Crippen LogP contribution in [0.3, 0.4) is 0 Å². The van der Waals surface area contributed by atoms with Gasteiger partial charge in [-0.1, -0.05) is 60.7 Å². The Morgan fingerprint density at radius 3 is 1.91 bits per heavy atom. The van der Waals surface area contributed by atoms with Crippen LogP contribution in [0.1, 0.15) is 24.1 Å². The molecule has 0 bridgehead atoms. The van der Waals surface area contributed by atoms with E-state index in [2.05, 4.69) is 29.2 Å². The molecule has 4 nitrogen and oxygen atoms in total. The number of likely N-dealkylation sites (tertiary alicyclic amines) is 1. The Balaban J connectivity index is 1.87. The van der Waals surface area contributed by atoms with E-state index < -0.39 is 10.1 Å². The first kappa shape index (κ1) is 16.2. The van der Waals surface area contributed by atoms with E-state index in [-0.39, 0.29) is 23.8 Å². The van der Waals surface area contributed by atoms with Crippen LogP contribution in [0.5, 0.6) is 0 Å². The average Bonchev–Trinajstić information content (AvgIpc) is 2.54. The minimum atomic E-state index is -3.92. The Kier molecular flexibility index (Phi) is 4.53. The third-order valence-electron chi connectivity index (χ3n) is 4.64. The zero-order valence-corrected chi connectivity index (χ0v) is 13.9. The quantitative estimate of drug-likeness (QED) is 0.856. The lowest BCUT2D eigenvalue weighted by atomic mass is 9.85. The number of hydrogen-bond acceptors (Lipinski definition) is 3. The molecule has 2 atom stereocenters. The number of hydrogen-bond donors (Lipinski definition) is 1. The van der Waals surface area contributed by atoms with Crippen LogP contribution < -0.4 is 0 Å². The molecule has 0 aliphatic carbocycles. The van der Waals surface area contributed by atoms with Gasteiger partial charge < -0.3 is 0 Å². The third kappa shape index (κ3) is 3.63. The molecule has 1 saturated heterocycles. The lowest BCUT2D eigenvalue weighted by Crippen LogP contribution is -2.58. The smallest absolute Gasteiger partial charge is 0.265 e. The molecule has 5 heteroatoms. The standard InChI is InChI=1S/C18H21NO3S/c1-14-17(13-23(20,21)22)12-19(14)18(15-8-4-2-5-9-15)16-10-6-3-7-11-16/h2-11,14,17-18H,12-13H2,1H3,(H,20,21,22)/t14-,17-/m1/s1. The molecule has 122 valence electrons. The van der Waals surface area contributed by atoms with Crippen LogP contribution in [0, 0.1) is 5.92 Å². The molecule has 0 amide bonds. The molecule has 0 radical (unpaired) electrons. The molecule has 1 aliphatic rings. The molecule has 0 unspecified atom stereocenters. The van der Waals surface area contributed by atoms with Gasteiger partial charge in [0.15, 0.2) is 0 Å². The summed E-state index contributed by atoms with van der Waals surface area (Å²) in [7, 11) is -3.92. The van der Waals surface area contributed by atoms with Crippen molar-refractivity contribution in [2.45, 2.75) is 19.0 Å². The van der Waals surface area contributed by atoms with Crippen molar-refractivity contribution < 1.29 is 13.0 Å². The molecular formula is C18H21NO3S. The van der Waals surface area contributed by atoms with Gasteiger partial charge in [-0.3, -0.25) is 9.45 Å². The summed E-state index contributed by atoms with van der Waals surface area (Å²) in [5.74, 6) is -0.194. The van der Waals surface area contributed by atoms with E-state index in [1.165, 1.54) is 11.1 Å². The fraction of sp³-hybridized carbons (Fsp3) is 0.333. The number of rotatable bonds is 5. The average molecular weight is 331 g/mol. The van der Waals surface area contributed by atoms with Crippen LogP contribution in [-0.2, 0) is 10.1 Å². The van der Waals surface area contributed by atoms with Crippen molar-refractivity contribution in [3.05, 3.63) is 71.8 Å². The van der Waals surface area contributed by atoms with Crippen LogP contribution >= 0.6 is 0 Å². The van der Waals surface area contributed by atoms with Crippen LogP contribution in [0.25, 0.3) is 0 Å². The van der Waals surface area contributed by atoms with Gasteiger partial charge in [-0.05, 0) is 18.1 Å². The first-order valence-electron chi connectivity index (χ1n) is 7.76. The van der Waals surface area contributed by atoms with E-state index in [1.54, 1.807) is 0 Å². The molecule has 3 rings (SSSR count). The van der Waals surface area contributed by atoms with Crippen LogP contribution in [0.15, 0.2) is 60.7 Å². The van der Waals surface area contributed by atoms with Gasteiger partial charge in [0.05, 0.1) is 11.8 Å². The summed E-state index contributed by atoms with van der Waals surface area (Å²) in [6.07, 6.45) is 0. The van der Waals surface area contributed by atoms with Crippen molar-refractivity contribution in [1.29, 1.82) is 0 Å². The summed E-state index contributed by atoms with van der Waals surface area (Å²) in [6, 6.07) is 20.7. The van der Waals surface area contributed by atoms with Crippen LogP contribution in [0.2, 0.25) is 0 Å². The summed E-state index contributed by atoms with van der Waals surface area (Å²) in [5, 5.41) is 0. The van der Waals surface area contributed by atoms with Crippen LogP contribution in [-0.4, -0.2) is 36.2 Å². The van der Waals surface area contributed by atoms with Crippen molar-refractivity contribution in [2.24, 2.45) is 5.92 Å². The van der Waals surface area contributed by atoms with Gasteiger partial charge in [0.1, 0.15) is 0 Å². The molecule has 1 heterocycles. The number of nitrogens with zero attached hydrogens (tertiary/aromatic N) is 1. The Hall–Kier alpha value is -1.69. The molecular weight excluding hydrogens is 310 g/mol. The Labute approximate surface area is 137 Å². The van der Waals surface area contributed by atoms with Gasteiger partial charge >= 0.3 is 0 Å². The molecule has 0 aromatic heterocycles. The Bertz CT molecular complexity index is 707. The topological polar surface area (TPSA) is 57.6 Å². The van der Waals surface area contributed by atoms with Gasteiger partial charge in [0.2, 0.25) is 0 Å². The fourth-order valence-corrected chi connectivity index (χ4v) is 4.30. The van der Waals surface area contributed by atoms with Gasteiger partial charge in [-0.2, -0.15) is 8.42 Å². The van der Waals surface area contributed by atoms with Crippen molar-refractivity contribution >= 4 is 10.1 Å². The van der Waals surface area contributed by atoms with Gasteiger partial charge in [-0.15, -0.1) is 0 Å². The summed E-state index contributed by atoms with van der Waals surface area (Å²) in [5.41, 5.74) is 2.38. The Morgan fingerprint density at radius 1 is 1.04 bits per heavy atom. The third-order valence-corrected chi connectivity index (χ3v) is 5.49. The van der Waals surface area contributed by atoms with Crippen molar-refractivity contribution in [1.82, 2.24) is 4.90 Å². The molecule has 1 aliphatic heterocycles. The maximum atomic E-state index is 11.1. The van der Waals surface area contributed by atoms with Gasteiger partial charge in [-0.25, -0.2) is 0 Å². The number of benzene rings is 2. The molecule has 2 aromatic carbocycles. The lowest BCUT2D eigenvalue weighted by Gasteiger charge is -2.50. The molecule has 2 aromatic rings. The summed E-state index contributed by atoms with van der Waals surface area (Å²) in [4.78, 5) is 2.29. The highest BCUT2D eigenvalue weighted by molar-refractivity contribution is 7.85. The van der Waals surface area contributed by atoms with Gasteiger partial charge in [0.25, 0.3) is 10.1 Å². The SMILES string of the molecule is C[C@@H]1[C@@H](CS(=O)(=O)O)CN1C(c1ccccc1)c1ccccc1. The van der Waals surface area contributed by atoms with Crippen molar-refractivity contribution in [3.63, 3.8) is 0 Å². The maximum absolute atomic E-state index is 11.1. The van der Waals surface area contributed by atoms with Crippen molar-refractivity contribution in [3.8, 4) is 0 Å². The lowest BCUT2D eigenvalue weighted by molar-refractivity contribution is 0.0111. The molecule has 1 fully saturated rings. The van der Waals surface area contributed by atoms with Crippen molar-refractivity contribution in [2.75, 3.05) is 12.3 Å². The maximum Gasteiger partial charge on any atom is 0.265 e.